The molecule has 20 heavy (non-hydrogen) atoms. The molecule has 1 heterocycles. The first-order valence-electron chi connectivity index (χ1n) is 6.20. The zero-order valence-corrected chi connectivity index (χ0v) is 11.6. The summed E-state index contributed by atoms with van der Waals surface area (Å²) in [6.45, 7) is 7.61. The highest BCUT2D eigenvalue weighted by Gasteiger charge is 2.17. The maximum Gasteiger partial charge on any atom is 0.253 e. The van der Waals surface area contributed by atoms with E-state index in [-0.39, 0.29) is 12.5 Å². The van der Waals surface area contributed by atoms with Gasteiger partial charge in [0.2, 0.25) is 0 Å². The summed E-state index contributed by atoms with van der Waals surface area (Å²) in [5, 5.41) is 3.95. The summed E-state index contributed by atoms with van der Waals surface area (Å²) >= 11 is 0. The third-order valence-corrected chi connectivity index (χ3v) is 2.93. The molecule has 5 heteroatoms. The van der Waals surface area contributed by atoms with Crippen molar-refractivity contribution in [2.45, 2.75) is 20.4 Å². The van der Waals surface area contributed by atoms with Crippen LogP contribution in [0.25, 0.3) is 0 Å². The molecule has 1 aromatic heterocycles. The van der Waals surface area contributed by atoms with Crippen LogP contribution in [0.4, 0.5) is 5.69 Å². The Morgan fingerprint density at radius 1 is 1.45 bits per heavy atom. The molecular formula is C15H16N4O. The molecule has 0 atom stereocenters. The predicted molar refractivity (Wildman–Crippen MR) is 77.1 cm³/mol. The molecule has 1 amide bonds. The quantitative estimate of drug-likeness (QED) is 0.799. The summed E-state index contributed by atoms with van der Waals surface area (Å²) in [5.41, 5.74) is 5.56. The number of benzene rings is 1. The van der Waals surface area contributed by atoms with Crippen LogP contribution >= 0.6 is 0 Å². The van der Waals surface area contributed by atoms with Crippen molar-refractivity contribution >= 4 is 11.6 Å². The Morgan fingerprint density at radius 2 is 2.15 bits per heavy atom. The van der Waals surface area contributed by atoms with E-state index in [9.17, 15) is 4.79 Å². The fourth-order valence-electron chi connectivity index (χ4n) is 2.07. The number of rotatable bonds is 4. The molecule has 0 radical (unpaired) electrons. The average Bonchev–Trinajstić information content (AvgIpc) is 2.90. The van der Waals surface area contributed by atoms with Gasteiger partial charge in [-0.2, -0.15) is 5.10 Å². The van der Waals surface area contributed by atoms with Crippen molar-refractivity contribution in [1.82, 2.24) is 14.8 Å². The molecule has 0 unspecified atom stereocenters. The van der Waals surface area contributed by atoms with Gasteiger partial charge in [-0.05, 0) is 25.0 Å². The Kier molecular flexibility index (Phi) is 4.13. The van der Waals surface area contributed by atoms with Crippen LogP contribution in [-0.2, 0) is 11.3 Å². The van der Waals surface area contributed by atoms with Crippen molar-refractivity contribution in [1.29, 1.82) is 0 Å². The standard InChI is InChI=1S/C15H16N4O/c1-4-8-19(14(20)9-18-11-16-10-17-18)15-12(2)6-5-7-13(15)3/h5-8,10-11H,1,9H2,2-3H3. The smallest absolute Gasteiger partial charge is 0.253 e. The molecule has 2 rings (SSSR count). The zero-order valence-electron chi connectivity index (χ0n) is 11.6. The molecule has 102 valence electrons. The molecular weight excluding hydrogens is 252 g/mol. The summed E-state index contributed by atoms with van der Waals surface area (Å²) in [6.07, 6.45) is 4.47. The Hall–Kier alpha value is -2.65. The van der Waals surface area contributed by atoms with E-state index in [1.165, 1.54) is 17.3 Å². The van der Waals surface area contributed by atoms with Gasteiger partial charge in [-0.15, -0.1) is 5.73 Å². The van der Waals surface area contributed by atoms with Crippen molar-refractivity contribution in [3.63, 3.8) is 0 Å². The second kappa shape index (κ2) is 5.99. The fraction of sp³-hybridized carbons (Fsp3) is 0.200. The number of nitrogens with zero attached hydrogens (tertiary/aromatic N) is 4. The first-order chi connectivity index (χ1) is 9.63. The van der Waals surface area contributed by atoms with Gasteiger partial charge in [0.05, 0.1) is 11.9 Å². The third kappa shape index (κ3) is 2.84. The summed E-state index contributed by atoms with van der Waals surface area (Å²) in [4.78, 5) is 17.8. The van der Waals surface area contributed by atoms with Gasteiger partial charge in [-0.1, -0.05) is 24.8 Å². The lowest BCUT2D eigenvalue weighted by Gasteiger charge is -2.22. The van der Waals surface area contributed by atoms with Crippen LogP contribution in [0.15, 0.2) is 49.4 Å². The first kappa shape index (κ1) is 13.8. The monoisotopic (exact) mass is 268 g/mol. The van der Waals surface area contributed by atoms with Crippen molar-refractivity contribution in [2.75, 3.05) is 4.90 Å². The molecule has 0 aliphatic rings. The number of carbonyl (C=O) groups is 1. The fourth-order valence-corrected chi connectivity index (χ4v) is 2.07. The number of aromatic nitrogens is 3. The number of amides is 1. The predicted octanol–water partition coefficient (Wildman–Crippen LogP) is 2.23. The van der Waals surface area contributed by atoms with Gasteiger partial charge in [0, 0.05) is 0 Å². The lowest BCUT2D eigenvalue weighted by Crippen LogP contribution is -2.30. The van der Waals surface area contributed by atoms with Crippen LogP contribution in [0.1, 0.15) is 11.1 Å². The summed E-state index contributed by atoms with van der Waals surface area (Å²) < 4.78 is 1.49. The van der Waals surface area contributed by atoms with Crippen molar-refractivity contribution in [3.05, 3.63) is 60.5 Å². The van der Waals surface area contributed by atoms with Gasteiger partial charge in [0.1, 0.15) is 19.2 Å². The summed E-state index contributed by atoms with van der Waals surface area (Å²) in [6, 6.07) is 5.90. The van der Waals surface area contributed by atoms with Crippen LogP contribution in [0.2, 0.25) is 0 Å². The molecule has 5 nitrogen and oxygen atoms in total. The number of para-hydroxylation sites is 1. The maximum atomic E-state index is 12.4. The molecule has 0 N–H and O–H groups in total. The van der Waals surface area contributed by atoms with E-state index in [0.29, 0.717) is 0 Å². The summed E-state index contributed by atoms with van der Waals surface area (Å²) in [7, 11) is 0. The highest BCUT2D eigenvalue weighted by Crippen LogP contribution is 2.25. The van der Waals surface area contributed by atoms with Gasteiger partial charge in [0.25, 0.3) is 5.91 Å². The van der Waals surface area contributed by atoms with Gasteiger partial charge < -0.3 is 0 Å². The van der Waals surface area contributed by atoms with Crippen LogP contribution in [0.5, 0.6) is 0 Å². The zero-order chi connectivity index (χ0) is 14.5. The van der Waals surface area contributed by atoms with Crippen LogP contribution < -0.4 is 4.90 Å². The van der Waals surface area contributed by atoms with Crippen molar-refractivity contribution in [3.8, 4) is 0 Å². The molecule has 0 bridgehead atoms. The van der Waals surface area contributed by atoms with Gasteiger partial charge in [-0.3, -0.25) is 9.69 Å². The van der Waals surface area contributed by atoms with Crippen molar-refractivity contribution in [2.24, 2.45) is 0 Å². The minimum absolute atomic E-state index is 0.117. The first-order valence-corrected chi connectivity index (χ1v) is 6.20. The normalized spacial score (nSPS) is 9.90. The molecule has 0 fully saturated rings. The number of carbonyl (C=O) groups excluding carboxylic acids is 1. The largest absolute Gasteiger partial charge is 0.278 e. The Bertz CT molecular complexity index is 634. The lowest BCUT2D eigenvalue weighted by atomic mass is 10.1. The topological polar surface area (TPSA) is 51.0 Å². The van der Waals surface area contributed by atoms with Crippen LogP contribution in [-0.4, -0.2) is 20.7 Å². The van der Waals surface area contributed by atoms with E-state index in [1.54, 1.807) is 11.1 Å². The van der Waals surface area contributed by atoms with Gasteiger partial charge in [-0.25, -0.2) is 9.67 Å². The maximum absolute atomic E-state index is 12.4. The molecule has 2 aromatic rings. The lowest BCUT2D eigenvalue weighted by molar-refractivity contribution is -0.118. The molecule has 1 aromatic carbocycles. The minimum Gasteiger partial charge on any atom is -0.278 e. The second-order valence-corrected chi connectivity index (χ2v) is 4.43. The van der Waals surface area contributed by atoms with E-state index in [0.717, 1.165) is 16.8 Å². The molecule has 0 spiro atoms. The molecule has 0 aliphatic carbocycles. The van der Waals surface area contributed by atoms with E-state index in [4.69, 9.17) is 0 Å². The SMILES string of the molecule is C=C=CN(C(=O)Cn1cncn1)c1c(C)cccc1C. The van der Waals surface area contributed by atoms with E-state index in [1.807, 2.05) is 32.0 Å². The molecule has 0 saturated carbocycles. The highest BCUT2D eigenvalue weighted by atomic mass is 16.2. The summed E-state index contributed by atoms with van der Waals surface area (Å²) in [5.74, 6) is -0.121. The Balaban J connectivity index is 2.36. The number of anilines is 1. The highest BCUT2D eigenvalue weighted by molar-refractivity contribution is 5.96. The Labute approximate surface area is 117 Å². The molecule has 0 aliphatic heterocycles. The number of hydrogen-bond donors (Lipinski definition) is 0. The van der Waals surface area contributed by atoms with E-state index < -0.39 is 0 Å². The van der Waals surface area contributed by atoms with Crippen LogP contribution in [0.3, 0.4) is 0 Å². The van der Waals surface area contributed by atoms with E-state index >= 15 is 0 Å². The van der Waals surface area contributed by atoms with Crippen LogP contribution in [0, 0.1) is 13.8 Å². The molecule has 0 saturated heterocycles. The number of aryl methyl sites for hydroxylation is 2. The second-order valence-electron chi connectivity index (χ2n) is 4.43. The average molecular weight is 268 g/mol. The third-order valence-electron chi connectivity index (χ3n) is 2.93. The Morgan fingerprint density at radius 3 is 2.70 bits per heavy atom. The number of hydrogen-bond acceptors (Lipinski definition) is 3. The van der Waals surface area contributed by atoms with E-state index in [2.05, 4.69) is 22.4 Å². The van der Waals surface area contributed by atoms with Gasteiger partial charge >= 0.3 is 0 Å². The minimum atomic E-state index is -0.121. The van der Waals surface area contributed by atoms with Crippen molar-refractivity contribution < 1.29 is 4.79 Å². The van der Waals surface area contributed by atoms with Gasteiger partial charge in [0.15, 0.2) is 0 Å².